The highest BCUT2D eigenvalue weighted by molar-refractivity contribution is 6.45. The Morgan fingerprint density at radius 1 is 0.870 bits per heavy atom. The molecule has 0 bridgehead atoms. The fraction of sp³-hybridized carbons (Fsp3) is 0.125. The Bertz CT molecular complexity index is 735. The summed E-state index contributed by atoms with van der Waals surface area (Å²) in [5.74, 6) is -1.57. The van der Waals surface area contributed by atoms with Crippen LogP contribution in [0.4, 0.5) is 5.69 Å². The molecule has 0 aromatic heterocycles. The van der Waals surface area contributed by atoms with Gasteiger partial charge in [0, 0.05) is 11.6 Å². The van der Waals surface area contributed by atoms with Crippen molar-refractivity contribution in [1.82, 2.24) is 5.32 Å². The quantitative estimate of drug-likeness (QED) is 0.800. The molecule has 0 unspecified atom stereocenters. The summed E-state index contributed by atoms with van der Waals surface area (Å²) >= 11 is 17.8. The van der Waals surface area contributed by atoms with Crippen molar-refractivity contribution in [1.29, 1.82) is 0 Å². The molecule has 23 heavy (non-hydrogen) atoms. The topological polar surface area (TPSA) is 58.2 Å². The minimum absolute atomic E-state index is 0.186. The molecular formula is C16H13Cl3N2O2. The van der Waals surface area contributed by atoms with Crippen molar-refractivity contribution in [3.8, 4) is 0 Å². The van der Waals surface area contributed by atoms with E-state index in [0.717, 1.165) is 5.56 Å². The number of rotatable bonds is 4. The summed E-state index contributed by atoms with van der Waals surface area (Å²) in [4.78, 5) is 23.6. The Morgan fingerprint density at radius 2 is 1.57 bits per heavy atom. The summed E-state index contributed by atoms with van der Waals surface area (Å²) in [5.41, 5.74) is 1.18. The first-order valence-corrected chi connectivity index (χ1v) is 7.89. The molecule has 0 atom stereocenters. The molecule has 0 heterocycles. The predicted octanol–water partition coefficient (Wildman–Crippen LogP) is 3.94. The van der Waals surface area contributed by atoms with Gasteiger partial charge in [-0.1, -0.05) is 59.1 Å². The molecule has 0 saturated carbocycles. The molecule has 0 aliphatic rings. The second kappa shape index (κ2) is 8.20. The van der Waals surface area contributed by atoms with Crippen molar-refractivity contribution in [2.75, 3.05) is 11.9 Å². The van der Waals surface area contributed by atoms with E-state index in [1.807, 2.05) is 18.2 Å². The van der Waals surface area contributed by atoms with Crippen LogP contribution in [-0.2, 0) is 16.0 Å². The van der Waals surface area contributed by atoms with Gasteiger partial charge in [0.15, 0.2) is 0 Å². The smallest absolute Gasteiger partial charge is 0.313 e. The molecule has 2 amide bonds. The first-order chi connectivity index (χ1) is 11.0. The third-order valence-electron chi connectivity index (χ3n) is 3.04. The van der Waals surface area contributed by atoms with E-state index in [0.29, 0.717) is 23.0 Å². The molecule has 7 heteroatoms. The Hall–Kier alpha value is -1.75. The third-order valence-corrected chi connectivity index (χ3v) is 4.23. The van der Waals surface area contributed by atoms with Crippen LogP contribution in [-0.4, -0.2) is 18.4 Å². The monoisotopic (exact) mass is 370 g/mol. The van der Waals surface area contributed by atoms with Crippen molar-refractivity contribution in [2.45, 2.75) is 6.42 Å². The summed E-state index contributed by atoms with van der Waals surface area (Å²) in [6.07, 6.45) is 0.524. The molecule has 0 aliphatic carbocycles. The van der Waals surface area contributed by atoms with E-state index in [2.05, 4.69) is 10.6 Å². The van der Waals surface area contributed by atoms with Crippen LogP contribution in [0.3, 0.4) is 0 Å². The average Bonchev–Trinajstić information content (AvgIpc) is 2.53. The average molecular weight is 372 g/mol. The second-order valence-corrected chi connectivity index (χ2v) is 5.85. The van der Waals surface area contributed by atoms with Crippen molar-refractivity contribution in [3.63, 3.8) is 0 Å². The standard InChI is InChI=1S/C16H13Cl3N2O2/c17-11-5-2-1-4-10(11)8-9-20-15(22)16(23)21-13-7-3-6-12(18)14(13)19/h1-7H,8-9H2,(H,20,22)(H,21,23). The molecule has 2 aromatic carbocycles. The van der Waals surface area contributed by atoms with Crippen LogP contribution in [0, 0.1) is 0 Å². The van der Waals surface area contributed by atoms with Crippen LogP contribution in [0.5, 0.6) is 0 Å². The molecule has 0 fully saturated rings. The minimum Gasteiger partial charge on any atom is -0.347 e. The zero-order chi connectivity index (χ0) is 16.8. The fourth-order valence-electron chi connectivity index (χ4n) is 1.87. The Labute approximate surface area is 148 Å². The number of hydrogen-bond donors (Lipinski definition) is 2. The third kappa shape index (κ3) is 4.86. The van der Waals surface area contributed by atoms with Gasteiger partial charge in [0.25, 0.3) is 0 Å². The Kier molecular flexibility index (Phi) is 6.28. The second-order valence-electron chi connectivity index (χ2n) is 4.65. The number of carbonyl (C=O) groups excluding carboxylic acids is 2. The number of halogens is 3. The first kappa shape index (κ1) is 17.6. The van der Waals surface area contributed by atoms with Gasteiger partial charge in [0.2, 0.25) is 0 Å². The van der Waals surface area contributed by atoms with E-state index in [1.54, 1.807) is 24.3 Å². The predicted molar refractivity (Wildman–Crippen MR) is 93.3 cm³/mol. The van der Waals surface area contributed by atoms with Crippen LogP contribution in [0.2, 0.25) is 15.1 Å². The van der Waals surface area contributed by atoms with E-state index in [4.69, 9.17) is 34.8 Å². The van der Waals surface area contributed by atoms with Gasteiger partial charge >= 0.3 is 11.8 Å². The highest BCUT2D eigenvalue weighted by atomic mass is 35.5. The van der Waals surface area contributed by atoms with Crippen LogP contribution in [0.15, 0.2) is 42.5 Å². The first-order valence-electron chi connectivity index (χ1n) is 6.75. The lowest BCUT2D eigenvalue weighted by atomic mass is 10.1. The molecule has 2 aromatic rings. The van der Waals surface area contributed by atoms with Gasteiger partial charge < -0.3 is 10.6 Å². The summed E-state index contributed by atoms with van der Waals surface area (Å²) in [5, 5.41) is 6.05. The van der Waals surface area contributed by atoms with Gasteiger partial charge in [-0.25, -0.2) is 0 Å². The highest BCUT2D eigenvalue weighted by Crippen LogP contribution is 2.29. The van der Waals surface area contributed by atoms with E-state index in [1.165, 1.54) is 0 Å². The van der Waals surface area contributed by atoms with E-state index >= 15 is 0 Å². The van der Waals surface area contributed by atoms with E-state index < -0.39 is 11.8 Å². The summed E-state index contributed by atoms with van der Waals surface area (Å²) in [6.45, 7) is 0.291. The van der Waals surface area contributed by atoms with Gasteiger partial charge in [-0.2, -0.15) is 0 Å². The molecule has 2 N–H and O–H groups in total. The highest BCUT2D eigenvalue weighted by Gasteiger charge is 2.15. The molecule has 4 nitrogen and oxygen atoms in total. The zero-order valence-corrected chi connectivity index (χ0v) is 14.2. The molecular weight excluding hydrogens is 359 g/mol. The largest absolute Gasteiger partial charge is 0.347 e. The van der Waals surface area contributed by atoms with Gasteiger partial charge in [-0.3, -0.25) is 9.59 Å². The minimum atomic E-state index is -0.812. The lowest BCUT2D eigenvalue weighted by molar-refractivity contribution is -0.136. The number of nitrogens with one attached hydrogen (secondary N) is 2. The number of anilines is 1. The maximum Gasteiger partial charge on any atom is 0.313 e. The van der Waals surface area contributed by atoms with Crippen molar-refractivity contribution in [2.24, 2.45) is 0 Å². The maximum atomic E-state index is 11.8. The summed E-state index contributed by atoms with van der Waals surface area (Å²) < 4.78 is 0. The number of carbonyl (C=O) groups is 2. The van der Waals surface area contributed by atoms with Crippen LogP contribution < -0.4 is 10.6 Å². The Morgan fingerprint density at radius 3 is 2.30 bits per heavy atom. The Balaban J connectivity index is 1.87. The van der Waals surface area contributed by atoms with Crippen LogP contribution in [0.25, 0.3) is 0 Å². The van der Waals surface area contributed by atoms with Crippen molar-refractivity contribution >= 4 is 52.3 Å². The number of benzene rings is 2. The van der Waals surface area contributed by atoms with E-state index in [9.17, 15) is 9.59 Å². The lowest BCUT2D eigenvalue weighted by Crippen LogP contribution is -2.36. The summed E-state index contributed by atoms with van der Waals surface area (Å²) in [7, 11) is 0. The van der Waals surface area contributed by atoms with Gasteiger partial charge in [-0.05, 0) is 30.2 Å². The van der Waals surface area contributed by atoms with Crippen molar-refractivity contribution in [3.05, 3.63) is 63.1 Å². The van der Waals surface area contributed by atoms with Gasteiger partial charge in [0.1, 0.15) is 0 Å². The van der Waals surface area contributed by atoms with Gasteiger partial charge in [-0.15, -0.1) is 0 Å². The maximum absolute atomic E-state index is 11.8. The van der Waals surface area contributed by atoms with E-state index in [-0.39, 0.29) is 10.7 Å². The lowest BCUT2D eigenvalue weighted by Gasteiger charge is -2.09. The van der Waals surface area contributed by atoms with Crippen LogP contribution >= 0.6 is 34.8 Å². The molecule has 120 valence electrons. The van der Waals surface area contributed by atoms with Crippen molar-refractivity contribution < 1.29 is 9.59 Å². The van der Waals surface area contributed by atoms with Gasteiger partial charge in [0.05, 0.1) is 15.7 Å². The SMILES string of the molecule is O=C(NCCc1ccccc1Cl)C(=O)Nc1cccc(Cl)c1Cl. The van der Waals surface area contributed by atoms with Crippen LogP contribution in [0.1, 0.15) is 5.56 Å². The molecule has 0 radical (unpaired) electrons. The molecule has 2 rings (SSSR count). The number of hydrogen-bond acceptors (Lipinski definition) is 2. The summed E-state index contributed by atoms with van der Waals surface area (Å²) in [6, 6.07) is 12.1. The molecule has 0 aliphatic heterocycles. The molecule has 0 spiro atoms. The molecule has 0 saturated heterocycles. The normalized spacial score (nSPS) is 10.2. The number of amides is 2. The zero-order valence-electron chi connectivity index (χ0n) is 11.9. The fourth-order valence-corrected chi connectivity index (χ4v) is 2.45.